The van der Waals surface area contributed by atoms with Gasteiger partial charge in [-0.2, -0.15) is 13.2 Å². The molecule has 0 aromatic heterocycles. The first-order chi connectivity index (χ1) is 6.49. The van der Waals surface area contributed by atoms with Gasteiger partial charge in [0.25, 0.3) is 0 Å². The van der Waals surface area contributed by atoms with E-state index in [1.165, 1.54) is 0 Å². The summed E-state index contributed by atoms with van der Waals surface area (Å²) in [5, 5.41) is 0. The summed E-state index contributed by atoms with van der Waals surface area (Å²) in [4.78, 5) is 0. The quantitative estimate of drug-likeness (QED) is 0.606. The van der Waals surface area contributed by atoms with Crippen LogP contribution in [0.15, 0.2) is 0 Å². The molecule has 0 aliphatic carbocycles. The molecule has 0 aliphatic rings. The van der Waals surface area contributed by atoms with Crippen LogP contribution >= 0.6 is 0 Å². The van der Waals surface area contributed by atoms with Crippen molar-refractivity contribution in [2.24, 2.45) is 0 Å². The van der Waals surface area contributed by atoms with E-state index in [1.54, 1.807) is 6.92 Å². The third-order valence-electron chi connectivity index (χ3n) is 1.18. The lowest BCUT2D eigenvalue weighted by atomic mass is 10.6. The van der Waals surface area contributed by atoms with Gasteiger partial charge in [-0.15, -0.1) is 0 Å². The second kappa shape index (κ2) is 7.03. The van der Waals surface area contributed by atoms with E-state index in [0.29, 0.717) is 0 Å². The molecule has 0 saturated carbocycles. The van der Waals surface area contributed by atoms with Gasteiger partial charge in [0.05, 0.1) is 6.61 Å². The first kappa shape index (κ1) is 13.7. The van der Waals surface area contributed by atoms with Crippen LogP contribution in [0.4, 0.5) is 13.2 Å². The van der Waals surface area contributed by atoms with Crippen LogP contribution in [-0.2, 0) is 14.2 Å². The first-order valence-electron chi connectivity index (χ1n) is 4.16. The molecule has 0 saturated heterocycles. The number of ether oxygens (including phenoxy) is 3. The Labute approximate surface area is 81.1 Å². The Morgan fingerprint density at radius 2 is 1.93 bits per heavy atom. The van der Waals surface area contributed by atoms with Gasteiger partial charge in [0.1, 0.15) is 6.61 Å². The molecule has 3 nitrogen and oxygen atoms in total. The Kier molecular flexibility index (Phi) is 6.86. The van der Waals surface area contributed by atoms with E-state index < -0.39 is 19.1 Å². The number of hydrogen-bond acceptors (Lipinski definition) is 3. The van der Waals surface area contributed by atoms with E-state index in [2.05, 4.69) is 11.7 Å². The summed E-state index contributed by atoms with van der Waals surface area (Å²) < 4.78 is 49.3. The molecule has 0 spiro atoms. The highest BCUT2D eigenvalue weighted by molar-refractivity contribution is 4.49. The minimum absolute atomic E-state index is 0.0482. The Morgan fingerprint density at radius 3 is 2.36 bits per heavy atom. The summed E-state index contributed by atoms with van der Waals surface area (Å²) in [5.41, 5.74) is 0. The summed E-state index contributed by atoms with van der Waals surface area (Å²) in [6, 6.07) is 0. The monoisotopic (exact) mass is 215 g/mol. The Hall–Kier alpha value is -0.330. The predicted molar refractivity (Wildman–Crippen MR) is 43.6 cm³/mol. The van der Waals surface area contributed by atoms with E-state index in [0.717, 1.165) is 0 Å². The maximum absolute atomic E-state index is 11.7. The lowest BCUT2D eigenvalue weighted by Crippen LogP contribution is -2.29. The minimum Gasteiger partial charge on any atom is -0.376 e. The molecule has 1 radical (unpaired) electrons. The zero-order valence-corrected chi connectivity index (χ0v) is 7.97. The van der Waals surface area contributed by atoms with Crippen molar-refractivity contribution < 1.29 is 27.4 Å². The maximum atomic E-state index is 11.7. The fourth-order valence-electron chi connectivity index (χ4n) is 0.697. The molecule has 0 N–H and O–H groups in total. The largest absolute Gasteiger partial charge is 0.411 e. The molecule has 1 atom stereocenters. The number of rotatable bonds is 7. The summed E-state index contributed by atoms with van der Waals surface area (Å²) in [6.45, 7) is 4.08. The summed E-state index contributed by atoms with van der Waals surface area (Å²) in [6.07, 6.45) is -5.33. The van der Waals surface area contributed by atoms with Crippen LogP contribution in [0.2, 0.25) is 0 Å². The normalized spacial score (nSPS) is 14.4. The fourth-order valence-corrected chi connectivity index (χ4v) is 0.697. The molecule has 0 fully saturated rings. The summed E-state index contributed by atoms with van der Waals surface area (Å²) in [5.74, 6) is 0. The van der Waals surface area contributed by atoms with Crippen LogP contribution in [0, 0.1) is 6.92 Å². The van der Waals surface area contributed by atoms with Crippen molar-refractivity contribution in [1.29, 1.82) is 0 Å². The van der Waals surface area contributed by atoms with E-state index >= 15 is 0 Å². The molecular weight excluding hydrogens is 201 g/mol. The zero-order valence-electron chi connectivity index (χ0n) is 7.97. The Bertz CT molecular complexity index is 138. The van der Waals surface area contributed by atoms with Crippen molar-refractivity contribution in [1.82, 2.24) is 0 Å². The molecule has 6 heteroatoms. The molecule has 0 amide bonds. The predicted octanol–water partition coefficient (Wildman–Crippen LogP) is 1.78. The molecule has 0 aromatic rings. The van der Waals surface area contributed by atoms with Crippen LogP contribution < -0.4 is 0 Å². The maximum Gasteiger partial charge on any atom is 0.411 e. The van der Waals surface area contributed by atoms with E-state index in [9.17, 15) is 13.2 Å². The van der Waals surface area contributed by atoms with E-state index in [1.807, 2.05) is 0 Å². The van der Waals surface area contributed by atoms with Gasteiger partial charge in [0, 0.05) is 13.2 Å². The van der Waals surface area contributed by atoms with Crippen molar-refractivity contribution in [3.05, 3.63) is 6.92 Å². The second-order valence-corrected chi connectivity index (χ2v) is 2.39. The van der Waals surface area contributed by atoms with Crippen LogP contribution in [-0.4, -0.2) is 38.9 Å². The standard InChI is InChI=1S/C8H14F3O3/c1-3-12-5-7(13-4-2)14-6-8(9,10)11/h7H,1,3-6H2,2H3. The molecule has 0 rings (SSSR count). The molecule has 0 aliphatic heterocycles. The van der Waals surface area contributed by atoms with Crippen LogP contribution in [0.25, 0.3) is 0 Å². The molecule has 1 unspecified atom stereocenters. The minimum atomic E-state index is -4.35. The van der Waals surface area contributed by atoms with Gasteiger partial charge in [0.2, 0.25) is 0 Å². The fraction of sp³-hybridized carbons (Fsp3) is 0.875. The van der Waals surface area contributed by atoms with Gasteiger partial charge >= 0.3 is 6.18 Å². The lowest BCUT2D eigenvalue weighted by molar-refractivity contribution is -0.238. The Morgan fingerprint density at radius 1 is 1.29 bits per heavy atom. The van der Waals surface area contributed by atoms with Gasteiger partial charge in [-0.1, -0.05) is 0 Å². The number of alkyl halides is 3. The first-order valence-corrected chi connectivity index (χ1v) is 4.16. The molecule has 14 heavy (non-hydrogen) atoms. The smallest absolute Gasteiger partial charge is 0.376 e. The van der Waals surface area contributed by atoms with Crippen molar-refractivity contribution in [3.8, 4) is 0 Å². The van der Waals surface area contributed by atoms with Gasteiger partial charge < -0.3 is 14.2 Å². The average molecular weight is 215 g/mol. The van der Waals surface area contributed by atoms with Crippen molar-refractivity contribution >= 4 is 0 Å². The SMILES string of the molecule is [CH2]COCC(OCC)OCC(F)(F)F. The summed E-state index contributed by atoms with van der Waals surface area (Å²) >= 11 is 0. The second-order valence-electron chi connectivity index (χ2n) is 2.39. The highest BCUT2D eigenvalue weighted by Crippen LogP contribution is 2.15. The third kappa shape index (κ3) is 8.28. The molecule has 0 bridgehead atoms. The van der Waals surface area contributed by atoms with Crippen LogP contribution in [0.1, 0.15) is 6.92 Å². The molecule has 0 heterocycles. The van der Waals surface area contributed by atoms with Gasteiger partial charge in [-0.25, -0.2) is 0 Å². The summed E-state index contributed by atoms with van der Waals surface area (Å²) in [7, 11) is 0. The van der Waals surface area contributed by atoms with Crippen LogP contribution in [0.5, 0.6) is 0 Å². The molecule has 85 valence electrons. The van der Waals surface area contributed by atoms with Gasteiger partial charge in [-0.3, -0.25) is 0 Å². The van der Waals surface area contributed by atoms with Crippen LogP contribution in [0.3, 0.4) is 0 Å². The molecule has 0 aromatic carbocycles. The van der Waals surface area contributed by atoms with Crippen molar-refractivity contribution in [3.63, 3.8) is 0 Å². The highest BCUT2D eigenvalue weighted by Gasteiger charge is 2.29. The topological polar surface area (TPSA) is 27.7 Å². The molecular formula is C8H14F3O3. The highest BCUT2D eigenvalue weighted by atomic mass is 19.4. The average Bonchev–Trinajstić information content (AvgIpc) is 2.08. The van der Waals surface area contributed by atoms with Crippen molar-refractivity contribution in [2.45, 2.75) is 19.4 Å². The van der Waals surface area contributed by atoms with E-state index in [4.69, 9.17) is 9.47 Å². The zero-order chi connectivity index (χ0) is 11.0. The lowest BCUT2D eigenvalue weighted by Gasteiger charge is -2.18. The van der Waals surface area contributed by atoms with Gasteiger partial charge in [0.15, 0.2) is 6.29 Å². The van der Waals surface area contributed by atoms with E-state index in [-0.39, 0.29) is 19.8 Å². The number of halogens is 3. The number of hydrogen-bond donors (Lipinski definition) is 0. The van der Waals surface area contributed by atoms with Gasteiger partial charge in [-0.05, 0) is 13.8 Å². The third-order valence-corrected chi connectivity index (χ3v) is 1.18. The Balaban J connectivity index is 3.72. The van der Waals surface area contributed by atoms with Crippen molar-refractivity contribution in [2.75, 3.05) is 26.4 Å².